The van der Waals surface area contributed by atoms with Gasteiger partial charge in [-0.3, -0.25) is 9.69 Å². The number of hydrogen-bond acceptors (Lipinski definition) is 8. The van der Waals surface area contributed by atoms with Gasteiger partial charge in [0.2, 0.25) is 0 Å². The van der Waals surface area contributed by atoms with Crippen molar-refractivity contribution in [2.24, 2.45) is 0 Å². The van der Waals surface area contributed by atoms with Crippen molar-refractivity contribution in [1.29, 1.82) is 0 Å². The first-order valence-electron chi connectivity index (χ1n) is 11.2. The van der Waals surface area contributed by atoms with E-state index in [9.17, 15) is 4.79 Å². The summed E-state index contributed by atoms with van der Waals surface area (Å²) < 4.78 is 5.50. The second kappa shape index (κ2) is 9.43. The topological polar surface area (TPSA) is 61.8 Å². The summed E-state index contributed by atoms with van der Waals surface area (Å²) in [5.74, 6) is 2.05. The Balaban J connectivity index is 1.42. The van der Waals surface area contributed by atoms with Crippen LogP contribution in [0.1, 0.15) is 33.0 Å². The molecule has 0 spiro atoms. The molecule has 0 N–H and O–H groups in total. The predicted molar refractivity (Wildman–Crippen MR) is 130 cm³/mol. The maximum Gasteiger partial charge on any atom is 0.254 e. The van der Waals surface area contributed by atoms with Crippen molar-refractivity contribution in [3.8, 4) is 0 Å². The minimum absolute atomic E-state index is 0.136. The molecule has 0 bridgehead atoms. The van der Waals surface area contributed by atoms with Crippen LogP contribution in [0.25, 0.3) is 10.2 Å². The van der Waals surface area contributed by atoms with Crippen LogP contribution in [0.3, 0.4) is 0 Å². The minimum Gasteiger partial charge on any atom is -0.379 e. The summed E-state index contributed by atoms with van der Waals surface area (Å²) in [5.41, 5.74) is 2.07. The highest BCUT2D eigenvalue weighted by Gasteiger charge is 2.25. The number of fused-ring (bicyclic) bond motifs is 1. The Labute approximate surface area is 196 Å². The highest BCUT2D eigenvalue weighted by Crippen LogP contribution is 2.35. The normalized spacial score (nSPS) is 18.3. The largest absolute Gasteiger partial charge is 0.379 e. The van der Waals surface area contributed by atoms with Crippen molar-refractivity contribution in [3.63, 3.8) is 0 Å². The van der Waals surface area contributed by atoms with Gasteiger partial charge in [0.1, 0.15) is 16.5 Å². The van der Waals surface area contributed by atoms with Crippen LogP contribution in [0.15, 0.2) is 16.8 Å². The number of amides is 1. The average molecular weight is 472 g/mol. The molecule has 3 aromatic heterocycles. The molecule has 0 aliphatic carbocycles. The van der Waals surface area contributed by atoms with Crippen molar-refractivity contribution in [2.45, 2.75) is 26.8 Å². The van der Waals surface area contributed by atoms with Gasteiger partial charge in [0.05, 0.1) is 30.7 Å². The lowest BCUT2D eigenvalue weighted by molar-refractivity contribution is 0.0331. The van der Waals surface area contributed by atoms with E-state index < -0.39 is 0 Å². The van der Waals surface area contributed by atoms with Crippen LogP contribution in [0, 0.1) is 13.8 Å². The lowest BCUT2D eigenvalue weighted by Crippen LogP contribution is -2.36. The quantitative estimate of drug-likeness (QED) is 0.580. The van der Waals surface area contributed by atoms with Crippen LogP contribution in [0.2, 0.25) is 0 Å². The lowest BCUT2D eigenvalue weighted by Gasteiger charge is -2.27. The van der Waals surface area contributed by atoms with E-state index in [1.54, 1.807) is 22.7 Å². The smallest absolute Gasteiger partial charge is 0.254 e. The molecule has 9 heteroatoms. The summed E-state index contributed by atoms with van der Waals surface area (Å²) in [6, 6.07) is 1.92. The fraction of sp³-hybridized carbons (Fsp3) is 0.522. The first-order chi connectivity index (χ1) is 15.6. The zero-order chi connectivity index (χ0) is 22.1. The summed E-state index contributed by atoms with van der Waals surface area (Å²) in [4.78, 5) is 32.0. The molecule has 0 atom stereocenters. The summed E-state index contributed by atoms with van der Waals surface area (Å²) in [6.45, 7) is 11.6. The van der Waals surface area contributed by atoms with E-state index in [-0.39, 0.29) is 5.91 Å². The number of rotatable bonds is 4. The molecule has 3 aromatic rings. The number of hydrogen-bond donors (Lipinski definition) is 0. The molecule has 2 saturated heterocycles. The van der Waals surface area contributed by atoms with E-state index >= 15 is 0 Å². The van der Waals surface area contributed by atoms with Crippen molar-refractivity contribution in [3.05, 3.63) is 38.7 Å². The Kier molecular flexibility index (Phi) is 6.41. The van der Waals surface area contributed by atoms with Gasteiger partial charge >= 0.3 is 0 Å². The molecule has 32 heavy (non-hydrogen) atoms. The number of aryl methyl sites for hydroxylation is 2. The first kappa shape index (κ1) is 21.8. The van der Waals surface area contributed by atoms with Gasteiger partial charge in [0, 0.05) is 49.5 Å². The van der Waals surface area contributed by atoms with E-state index in [2.05, 4.69) is 23.6 Å². The van der Waals surface area contributed by atoms with E-state index in [4.69, 9.17) is 14.7 Å². The molecule has 170 valence electrons. The molecule has 1 amide bonds. The standard InChI is InChI=1S/C23H29N5O2S2/c1-16-17(2)32-22-20(16)21(24-19(25-22)14-26-9-11-30-12-10-26)27-5-3-6-28(8-7-27)23(29)18-4-13-31-15-18/h4,13,15H,3,5-12,14H2,1-2H3. The molecule has 7 nitrogen and oxygen atoms in total. The van der Waals surface area contributed by atoms with Gasteiger partial charge in [0.15, 0.2) is 0 Å². The summed E-state index contributed by atoms with van der Waals surface area (Å²) in [7, 11) is 0. The predicted octanol–water partition coefficient (Wildman–Crippen LogP) is 3.55. The van der Waals surface area contributed by atoms with Gasteiger partial charge in [-0.05, 0) is 37.3 Å². The third-order valence-electron chi connectivity index (χ3n) is 6.38. The van der Waals surface area contributed by atoms with E-state index in [1.165, 1.54) is 15.8 Å². The van der Waals surface area contributed by atoms with Gasteiger partial charge < -0.3 is 14.5 Å². The molecule has 0 aromatic carbocycles. The van der Waals surface area contributed by atoms with Gasteiger partial charge in [-0.25, -0.2) is 9.97 Å². The highest BCUT2D eigenvalue weighted by atomic mass is 32.1. The van der Waals surface area contributed by atoms with E-state index in [0.29, 0.717) is 6.54 Å². The number of nitrogens with zero attached hydrogens (tertiary/aromatic N) is 5. The lowest BCUT2D eigenvalue weighted by atomic mass is 10.2. The Bertz CT molecular complexity index is 1090. The van der Waals surface area contributed by atoms with Crippen molar-refractivity contribution >= 4 is 44.6 Å². The third-order valence-corrected chi connectivity index (χ3v) is 8.16. The summed E-state index contributed by atoms with van der Waals surface area (Å²) in [5, 5.41) is 5.08. The third kappa shape index (κ3) is 4.39. The molecule has 5 rings (SSSR count). The number of aromatic nitrogens is 2. The Morgan fingerprint density at radius 2 is 1.94 bits per heavy atom. The van der Waals surface area contributed by atoms with Gasteiger partial charge in [-0.15, -0.1) is 11.3 Å². The summed E-state index contributed by atoms with van der Waals surface area (Å²) in [6.07, 6.45) is 0.933. The fourth-order valence-electron chi connectivity index (χ4n) is 4.43. The number of carbonyl (C=O) groups is 1. The van der Waals surface area contributed by atoms with E-state index in [0.717, 1.165) is 80.9 Å². The molecule has 5 heterocycles. The zero-order valence-electron chi connectivity index (χ0n) is 18.7. The van der Waals surface area contributed by atoms with Gasteiger partial charge in [0.25, 0.3) is 5.91 Å². The minimum atomic E-state index is 0.136. The van der Waals surface area contributed by atoms with Crippen LogP contribution in [0.5, 0.6) is 0 Å². The number of ether oxygens (including phenoxy) is 1. The molecule has 0 radical (unpaired) electrons. The van der Waals surface area contributed by atoms with Crippen LogP contribution in [-0.4, -0.2) is 78.2 Å². The van der Waals surface area contributed by atoms with Crippen LogP contribution < -0.4 is 4.90 Å². The van der Waals surface area contributed by atoms with Crippen LogP contribution >= 0.6 is 22.7 Å². The SMILES string of the molecule is Cc1sc2nc(CN3CCOCC3)nc(N3CCCN(C(=O)c4ccsc4)CC3)c2c1C. The number of carbonyl (C=O) groups excluding carboxylic acids is 1. The number of morpholine rings is 1. The van der Waals surface area contributed by atoms with Crippen LogP contribution in [-0.2, 0) is 11.3 Å². The van der Waals surface area contributed by atoms with Crippen molar-refractivity contribution in [2.75, 3.05) is 57.4 Å². The van der Waals surface area contributed by atoms with Gasteiger partial charge in [-0.1, -0.05) is 0 Å². The molecule has 2 aliphatic heterocycles. The molecule has 2 aliphatic rings. The number of anilines is 1. The molecule has 0 unspecified atom stereocenters. The van der Waals surface area contributed by atoms with Gasteiger partial charge in [-0.2, -0.15) is 11.3 Å². The molecule has 0 saturated carbocycles. The van der Waals surface area contributed by atoms with Crippen molar-refractivity contribution < 1.29 is 9.53 Å². The summed E-state index contributed by atoms with van der Waals surface area (Å²) >= 11 is 3.33. The Hall–Kier alpha value is -2.07. The molecular weight excluding hydrogens is 442 g/mol. The van der Waals surface area contributed by atoms with Crippen molar-refractivity contribution in [1.82, 2.24) is 19.8 Å². The molecule has 2 fully saturated rings. The second-order valence-corrected chi connectivity index (χ2v) is 10.4. The maximum absolute atomic E-state index is 12.9. The number of thiophene rings is 2. The fourth-order valence-corrected chi connectivity index (χ4v) is 6.10. The first-order valence-corrected chi connectivity index (χ1v) is 13.0. The second-order valence-electron chi connectivity index (χ2n) is 8.46. The van der Waals surface area contributed by atoms with Crippen LogP contribution in [0.4, 0.5) is 5.82 Å². The average Bonchev–Trinajstić information content (AvgIpc) is 3.35. The Morgan fingerprint density at radius 3 is 2.72 bits per heavy atom. The highest BCUT2D eigenvalue weighted by molar-refractivity contribution is 7.18. The van der Waals surface area contributed by atoms with E-state index in [1.807, 2.05) is 21.7 Å². The maximum atomic E-state index is 12.9. The Morgan fingerprint density at radius 1 is 1.09 bits per heavy atom. The zero-order valence-corrected chi connectivity index (χ0v) is 20.3. The monoisotopic (exact) mass is 471 g/mol. The molecular formula is C23H29N5O2S2.